The molecule has 4 heteroatoms. The number of nitrogens with one attached hydrogen (secondary N) is 1. The molecule has 1 aliphatic rings. The predicted octanol–water partition coefficient (Wildman–Crippen LogP) is 2.14. The average molecular weight is 239 g/mol. The molecule has 0 radical (unpaired) electrons. The summed E-state index contributed by atoms with van der Waals surface area (Å²) in [5, 5.41) is 6.85. The highest BCUT2D eigenvalue weighted by molar-refractivity contribution is 7.09. The van der Waals surface area contributed by atoms with Gasteiger partial charge in [-0.15, -0.1) is 11.3 Å². The number of nitrogens with zero attached hydrogens (tertiary/aromatic N) is 2. The molecule has 2 heterocycles. The van der Waals surface area contributed by atoms with Gasteiger partial charge in [0, 0.05) is 11.6 Å². The van der Waals surface area contributed by atoms with Crippen LogP contribution in [-0.2, 0) is 0 Å². The fraction of sp³-hybridized carbons (Fsp3) is 0.750. The zero-order chi connectivity index (χ0) is 11.4. The van der Waals surface area contributed by atoms with Crippen LogP contribution in [0.5, 0.6) is 0 Å². The Bertz CT molecular complexity index is 291. The molecule has 1 saturated heterocycles. The highest BCUT2D eigenvalue weighted by atomic mass is 32.1. The standard InChI is InChI=1S/C12H21N3S/c1-10(12-13-5-8-16-12)14-9-11-3-6-15(2)7-4-11/h5,8,10-11,14H,3-4,6-7,9H2,1-2H3. The molecule has 0 aliphatic carbocycles. The van der Waals surface area contributed by atoms with Gasteiger partial charge >= 0.3 is 0 Å². The normalized spacial score (nSPS) is 21.1. The Balaban J connectivity index is 1.71. The Kier molecular flexibility index (Phi) is 4.32. The van der Waals surface area contributed by atoms with Gasteiger partial charge in [-0.05, 0) is 52.4 Å². The van der Waals surface area contributed by atoms with Gasteiger partial charge in [-0.1, -0.05) is 0 Å². The summed E-state index contributed by atoms with van der Waals surface area (Å²) < 4.78 is 0. The number of hydrogen-bond acceptors (Lipinski definition) is 4. The summed E-state index contributed by atoms with van der Waals surface area (Å²) in [5.74, 6) is 0.846. The van der Waals surface area contributed by atoms with Crippen LogP contribution in [0.3, 0.4) is 0 Å². The van der Waals surface area contributed by atoms with E-state index in [1.54, 1.807) is 11.3 Å². The van der Waals surface area contributed by atoms with Gasteiger partial charge in [0.15, 0.2) is 0 Å². The van der Waals surface area contributed by atoms with E-state index in [0.717, 1.165) is 12.5 Å². The second-order valence-electron chi connectivity index (χ2n) is 4.75. The van der Waals surface area contributed by atoms with Crippen molar-refractivity contribution in [3.63, 3.8) is 0 Å². The van der Waals surface area contributed by atoms with Gasteiger partial charge in [-0.2, -0.15) is 0 Å². The third-order valence-corrected chi connectivity index (χ3v) is 4.33. The van der Waals surface area contributed by atoms with Crippen molar-refractivity contribution in [3.8, 4) is 0 Å². The van der Waals surface area contributed by atoms with Crippen molar-refractivity contribution in [2.24, 2.45) is 5.92 Å². The Morgan fingerprint density at radius 2 is 2.31 bits per heavy atom. The first kappa shape index (κ1) is 12.0. The van der Waals surface area contributed by atoms with Crippen LogP contribution < -0.4 is 5.32 Å². The number of hydrogen-bond donors (Lipinski definition) is 1. The Morgan fingerprint density at radius 1 is 1.56 bits per heavy atom. The molecule has 0 aromatic carbocycles. The van der Waals surface area contributed by atoms with Gasteiger partial charge in [0.05, 0.1) is 6.04 Å². The minimum Gasteiger partial charge on any atom is -0.308 e. The summed E-state index contributed by atoms with van der Waals surface area (Å²) in [6.07, 6.45) is 4.54. The molecule has 0 bridgehead atoms. The van der Waals surface area contributed by atoms with Crippen molar-refractivity contribution in [2.45, 2.75) is 25.8 Å². The lowest BCUT2D eigenvalue weighted by Gasteiger charge is -2.29. The molecule has 0 amide bonds. The van der Waals surface area contributed by atoms with Crippen molar-refractivity contribution < 1.29 is 0 Å². The Hall–Kier alpha value is -0.450. The van der Waals surface area contributed by atoms with Gasteiger partial charge in [0.25, 0.3) is 0 Å². The molecule has 1 unspecified atom stereocenters. The summed E-state index contributed by atoms with van der Waals surface area (Å²) in [5.41, 5.74) is 0. The first-order valence-electron chi connectivity index (χ1n) is 6.07. The zero-order valence-corrected chi connectivity index (χ0v) is 11.0. The van der Waals surface area contributed by atoms with Gasteiger partial charge < -0.3 is 10.2 Å². The summed E-state index contributed by atoms with van der Waals surface area (Å²) in [6.45, 7) is 5.83. The van der Waals surface area contributed by atoms with Crippen molar-refractivity contribution >= 4 is 11.3 Å². The smallest absolute Gasteiger partial charge is 0.109 e. The maximum atomic E-state index is 4.34. The molecule has 1 aliphatic heterocycles. The number of aromatic nitrogens is 1. The number of rotatable bonds is 4. The van der Waals surface area contributed by atoms with E-state index in [-0.39, 0.29) is 0 Å². The van der Waals surface area contributed by atoms with Crippen LogP contribution in [0.1, 0.15) is 30.8 Å². The first-order valence-corrected chi connectivity index (χ1v) is 6.95. The quantitative estimate of drug-likeness (QED) is 0.872. The van der Waals surface area contributed by atoms with Crippen LogP contribution in [0, 0.1) is 5.92 Å². The van der Waals surface area contributed by atoms with E-state index in [4.69, 9.17) is 0 Å². The molecule has 3 nitrogen and oxygen atoms in total. The highest BCUT2D eigenvalue weighted by Gasteiger charge is 2.17. The molecule has 1 fully saturated rings. The minimum absolute atomic E-state index is 0.402. The predicted molar refractivity (Wildman–Crippen MR) is 68.8 cm³/mol. The highest BCUT2D eigenvalue weighted by Crippen LogP contribution is 2.18. The van der Waals surface area contributed by atoms with E-state index in [1.807, 2.05) is 11.6 Å². The summed E-state index contributed by atoms with van der Waals surface area (Å²) >= 11 is 1.74. The van der Waals surface area contributed by atoms with E-state index in [0.29, 0.717) is 6.04 Å². The number of piperidine rings is 1. The molecule has 1 N–H and O–H groups in total. The molecule has 90 valence electrons. The van der Waals surface area contributed by atoms with Crippen LogP contribution >= 0.6 is 11.3 Å². The second-order valence-corrected chi connectivity index (χ2v) is 5.67. The molecule has 0 saturated carbocycles. The van der Waals surface area contributed by atoms with Crippen molar-refractivity contribution in [3.05, 3.63) is 16.6 Å². The van der Waals surface area contributed by atoms with Gasteiger partial charge in [-0.3, -0.25) is 0 Å². The topological polar surface area (TPSA) is 28.2 Å². The third-order valence-electron chi connectivity index (χ3n) is 3.37. The summed E-state index contributed by atoms with van der Waals surface area (Å²) in [6, 6.07) is 0.402. The van der Waals surface area contributed by atoms with E-state index in [9.17, 15) is 0 Å². The lowest BCUT2D eigenvalue weighted by atomic mass is 9.97. The van der Waals surface area contributed by atoms with Gasteiger partial charge in [-0.25, -0.2) is 4.98 Å². The third kappa shape index (κ3) is 3.27. The lowest BCUT2D eigenvalue weighted by Crippen LogP contribution is -2.35. The molecule has 1 aromatic rings. The Labute approximate surface area is 102 Å². The average Bonchev–Trinajstić information content (AvgIpc) is 2.81. The maximum absolute atomic E-state index is 4.34. The second kappa shape index (κ2) is 5.75. The summed E-state index contributed by atoms with van der Waals surface area (Å²) in [7, 11) is 2.21. The molecule has 0 spiro atoms. The van der Waals surface area contributed by atoms with E-state index >= 15 is 0 Å². The van der Waals surface area contributed by atoms with Crippen LogP contribution in [0.25, 0.3) is 0 Å². The molecule has 16 heavy (non-hydrogen) atoms. The minimum atomic E-state index is 0.402. The largest absolute Gasteiger partial charge is 0.308 e. The van der Waals surface area contributed by atoms with E-state index < -0.39 is 0 Å². The van der Waals surface area contributed by atoms with E-state index in [1.165, 1.54) is 30.9 Å². The van der Waals surface area contributed by atoms with Crippen LogP contribution in [0.15, 0.2) is 11.6 Å². The first-order chi connectivity index (χ1) is 7.75. The fourth-order valence-corrected chi connectivity index (χ4v) is 2.82. The van der Waals surface area contributed by atoms with Crippen molar-refractivity contribution in [1.82, 2.24) is 15.2 Å². The van der Waals surface area contributed by atoms with Crippen molar-refractivity contribution in [1.29, 1.82) is 0 Å². The fourth-order valence-electron chi connectivity index (χ4n) is 2.15. The molecular formula is C12H21N3S. The summed E-state index contributed by atoms with van der Waals surface area (Å²) in [4.78, 5) is 6.76. The van der Waals surface area contributed by atoms with Crippen molar-refractivity contribution in [2.75, 3.05) is 26.7 Å². The lowest BCUT2D eigenvalue weighted by molar-refractivity contribution is 0.213. The Morgan fingerprint density at radius 3 is 2.94 bits per heavy atom. The van der Waals surface area contributed by atoms with Crippen LogP contribution in [-0.4, -0.2) is 36.6 Å². The van der Waals surface area contributed by atoms with Gasteiger partial charge in [0.1, 0.15) is 5.01 Å². The van der Waals surface area contributed by atoms with E-state index in [2.05, 4.69) is 29.2 Å². The molecule has 2 rings (SSSR count). The number of likely N-dealkylation sites (tertiary alicyclic amines) is 1. The molecule has 1 atom stereocenters. The van der Waals surface area contributed by atoms with Gasteiger partial charge in [0.2, 0.25) is 0 Å². The zero-order valence-electron chi connectivity index (χ0n) is 10.1. The molecule has 1 aromatic heterocycles. The van der Waals surface area contributed by atoms with Crippen LogP contribution in [0.2, 0.25) is 0 Å². The number of thiazole rings is 1. The SMILES string of the molecule is CC(NCC1CCN(C)CC1)c1nccs1. The monoisotopic (exact) mass is 239 g/mol. The van der Waals surface area contributed by atoms with Crippen LogP contribution in [0.4, 0.5) is 0 Å². The molecular weight excluding hydrogens is 218 g/mol. The maximum Gasteiger partial charge on any atom is 0.109 e.